The van der Waals surface area contributed by atoms with Crippen LogP contribution in [0, 0.1) is 12.8 Å². The minimum absolute atomic E-state index is 0.923. The van der Waals surface area contributed by atoms with Crippen LogP contribution in [0.1, 0.15) is 29.2 Å². The molecule has 0 radical (unpaired) electrons. The van der Waals surface area contributed by atoms with Gasteiger partial charge < -0.3 is 0 Å². The third-order valence-corrected chi connectivity index (χ3v) is 3.10. The second-order valence-corrected chi connectivity index (χ2v) is 3.77. The molecule has 0 aliphatic heterocycles. The molecule has 2 unspecified atom stereocenters. The summed E-state index contributed by atoms with van der Waals surface area (Å²) in [6, 6.07) is 2.21. The molecule has 56 valence electrons. The summed E-state index contributed by atoms with van der Waals surface area (Å²) in [6.07, 6.45) is 4.70. The van der Waals surface area contributed by atoms with Gasteiger partial charge in [0.05, 0.1) is 0 Å². The summed E-state index contributed by atoms with van der Waals surface area (Å²) in [5.74, 6) is 1.92. The minimum atomic E-state index is 0.923. The normalized spacial score (nSPS) is 31.4. The van der Waals surface area contributed by atoms with E-state index in [9.17, 15) is 0 Å². The van der Waals surface area contributed by atoms with Gasteiger partial charge in [-0.15, -0.1) is 0 Å². The predicted molar refractivity (Wildman–Crippen MR) is 43.5 cm³/mol. The fourth-order valence-corrected chi connectivity index (χ4v) is 2.35. The molecular formula is C10H11N. The highest BCUT2D eigenvalue weighted by molar-refractivity contribution is 5.42. The summed E-state index contributed by atoms with van der Waals surface area (Å²) in [4.78, 5) is 4.31. The molecule has 3 rings (SSSR count). The lowest BCUT2D eigenvalue weighted by Crippen LogP contribution is -1.93. The van der Waals surface area contributed by atoms with Gasteiger partial charge in [-0.05, 0) is 48.8 Å². The molecule has 1 aromatic rings. The molecule has 2 aliphatic rings. The topological polar surface area (TPSA) is 12.9 Å². The molecule has 0 N–H and O–H groups in total. The van der Waals surface area contributed by atoms with E-state index in [1.807, 2.05) is 6.20 Å². The minimum Gasteiger partial charge on any atom is -0.261 e. The molecular weight excluding hydrogens is 134 g/mol. The smallest absolute Gasteiger partial charge is 0.0407 e. The third kappa shape index (κ3) is 0.635. The van der Waals surface area contributed by atoms with Gasteiger partial charge in [-0.1, -0.05) is 0 Å². The summed E-state index contributed by atoms with van der Waals surface area (Å²) < 4.78 is 0. The third-order valence-electron chi connectivity index (χ3n) is 3.10. The van der Waals surface area contributed by atoms with Gasteiger partial charge in [-0.2, -0.15) is 0 Å². The van der Waals surface area contributed by atoms with E-state index in [2.05, 4.69) is 18.0 Å². The molecule has 2 aliphatic carbocycles. The molecule has 11 heavy (non-hydrogen) atoms. The van der Waals surface area contributed by atoms with Crippen molar-refractivity contribution in [3.05, 3.63) is 29.1 Å². The Morgan fingerprint density at radius 3 is 3.27 bits per heavy atom. The number of nitrogens with zero attached hydrogens (tertiary/aromatic N) is 1. The number of fused-ring (bicyclic) bond motifs is 3. The van der Waals surface area contributed by atoms with E-state index in [4.69, 9.17) is 0 Å². The standard InChI is InChI=1S/C10H11N/c1-6-9-4-7-5-10(7)8(9)2-3-11-6/h2-3,7,10H,4-5H2,1H3. The van der Waals surface area contributed by atoms with Crippen LogP contribution in [0.15, 0.2) is 12.3 Å². The lowest BCUT2D eigenvalue weighted by molar-refractivity contribution is 0.847. The summed E-state index contributed by atoms with van der Waals surface area (Å²) in [7, 11) is 0. The molecule has 1 heterocycles. The van der Waals surface area contributed by atoms with Crippen molar-refractivity contribution in [2.24, 2.45) is 5.92 Å². The molecule has 0 amide bonds. The Kier molecular flexibility index (Phi) is 0.867. The van der Waals surface area contributed by atoms with Gasteiger partial charge in [-0.3, -0.25) is 4.98 Å². The van der Waals surface area contributed by atoms with E-state index in [-0.39, 0.29) is 0 Å². The van der Waals surface area contributed by atoms with Crippen molar-refractivity contribution < 1.29 is 0 Å². The average Bonchev–Trinajstić information content (AvgIpc) is 2.67. The highest BCUT2D eigenvalue weighted by Crippen LogP contribution is 2.56. The lowest BCUT2D eigenvalue weighted by atomic mass is 10.1. The maximum atomic E-state index is 4.31. The van der Waals surface area contributed by atoms with Gasteiger partial charge in [0, 0.05) is 11.9 Å². The Bertz CT molecular complexity index is 317. The SMILES string of the molecule is Cc1nccc2c1CC1CC21. The molecule has 1 fully saturated rings. The summed E-state index contributed by atoms with van der Waals surface area (Å²) >= 11 is 0. The largest absolute Gasteiger partial charge is 0.261 e. The van der Waals surface area contributed by atoms with Crippen molar-refractivity contribution in [3.63, 3.8) is 0 Å². The first-order valence-corrected chi connectivity index (χ1v) is 4.30. The van der Waals surface area contributed by atoms with Crippen LogP contribution < -0.4 is 0 Å². The van der Waals surface area contributed by atoms with E-state index < -0.39 is 0 Å². The van der Waals surface area contributed by atoms with Crippen molar-refractivity contribution in [2.45, 2.75) is 25.7 Å². The van der Waals surface area contributed by atoms with Crippen LogP contribution in [0.3, 0.4) is 0 Å². The molecule has 1 aromatic heterocycles. The number of hydrogen-bond donors (Lipinski definition) is 0. The zero-order chi connectivity index (χ0) is 7.42. The summed E-state index contributed by atoms with van der Waals surface area (Å²) in [5, 5.41) is 0. The summed E-state index contributed by atoms with van der Waals surface area (Å²) in [6.45, 7) is 2.13. The fourth-order valence-electron chi connectivity index (χ4n) is 2.35. The first-order valence-electron chi connectivity index (χ1n) is 4.30. The molecule has 1 heteroatoms. The van der Waals surface area contributed by atoms with Crippen LogP contribution in [-0.4, -0.2) is 4.98 Å². The van der Waals surface area contributed by atoms with E-state index in [1.165, 1.54) is 18.5 Å². The Hall–Kier alpha value is -0.850. The van der Waals surface area contributed by atoms with Crippen LogP contribution in [0.5, 0.6) is 0 Å². The Morgan fingerprint density at radius 2 is 2.45 bits per heavy atom. The molecule has 1 saturated carbocycles. The van der Waals surface area contributed by atoms with Crippen molar-refractivity contribution in [3.8, 4) is 0 Å². The molecule has 2 atom stereocenters. The number of rotatable bonds is 0. The molecule has 0 saturated heterocycles. The molecule has 0 bridgehead atoms. The predicted octanol–water partition coefficient (Wildman–Crippen LogP) is 2.05. The number of pyridine rings is 1. The van der Waals surface area contributed by atoms with Gasteiger partial charge in [0.1, 0.15) is 0 Å². The van der Waals surface area contributed by atoms with Gasteiger partial charge >= 0.3 is 0 Å². The Labute approximate surface area is 66.5 Å². The number of aryl methyl sites for hydroxylation is 1. The number of hydrogen-bond acceptors (Lipinski definition) is 1. The average molecular weight is 145 g/mol. The Balaban J connectivity index is 2.24. The van der Waals surface area contributed by atoms with Crippen molar-refractivity contribution in [1.82, 2.24) is 4.98 Å². The van der Waals surface area contributed by atoms with E-state index in [1.54, 1.807) is 11.1 Å². The number of aromatic nitrogens is 1. The highest BCUT2D eigenvalue weighted by atomic mass is 14.7. The van der Waals surface area contributed by atoms with Gasteiger partial charge in [0.25, 0.3) is 0 Å². The fraction of sp³-hybridized carbons (Fsp3) is 0.500. The maximum Gasteiger partial charge on any atom is 0.0407 e. The van der Waals surface area contributed by atoms with Crippen LogP contribution >= 0.6 is 0 Å². The van der Waals surface area contributed by atoms with E-state index >= 15 is 0 Å². The molecule has 0 aromatic carbocycles. The maximum absolute atomic E-state index is 4.31. The zero-order valence-corrected chi connectivity index (χ0v) is 6.67. The zero-order valence-electron chi connectivity index (χ0n) is 6.67. The van der Waals surface area contributed by atoms with Crippen LogP contribution in [0.2, 0.25) is 0 Å². The summed E-state index contributed by atoms with van der Waals surface area (Å²) in [5.41, 5.74) is 4.41. The van der Waals surface area contributed by atoms with Crippen molar-refractivity contribution in [2.75, 3.05) is 0 Å². The van der Waals surface area contributed by atoms with Crippen LogP contribution in [0.4, 0.5) is 0 Å². The Morgan fingerprint density at radius 1 is 1.55 bits per heavy atom. The van der Waals surface area contributed by atoms with Crippen molar-refractivity contribution in [1.29, 1.82) is 0 Å². The second-order valence-electron chi connectivity index (χ2n) is 3.77. The quantitative estimate of drug-likeness (QED) is 0.544. The first kappa shape index (κ1) is 5.76. The molecule has 1 nitrogen and oxygen atoms in total. The first-order chi connectivity index (χ1) is 5.36. The van der Waals surface area contributed by atoms with E-state index in [0.29, 0.717) is 0 Å². The van der Waals surface area contributed by atoms with Crippen molar-refractivity contribution >= 4 is 0 Å². The molecule has 0 spiro atoms. The lowest BCUT2D eigenvalue weighted by Gasteiger charge is -2.03. The van der Waals surface area contributed by atoms with Gasteiger partial charge in [0.2, 0.25) is 0 Å². The second kappa shape index (κ2) is 1.66. The van der Waals surface area contributed by atoms with Crippen LogP contribution in [-0.2, 0) is 6.42 Å². The van der Waals surface area contributed by atoms with Gasteiger partial charge in [0.15, 0.2) is 0 Å². The van der Waals surface area contributed by atoms with Gasteiger partial charge in [-0.25, -0.2) is 0 Å². The highest BCUT2D eigenvalue weighted by Gasteiger charge is 2.45. The van der Waals surface area contributed by atoms with Crippen LogP contribution in [0.25, 0.3) is 0 Å². The monoisotopic (exact) mass is 145 g/mol. The van der Waals surface area contributed by atoms with E-state index in [0.717, 1.165) is 11.8 Å².